The minimum Gasteiger partial charge on any atom is -0.491 e. The molecule has 2 rings (SSSR count). The Morgan fingerprint density at radius 3 is 3.06 bits per heavy atom. The predicted molar refractivity (Wildman–Crippen MR) is 74.3 cm³/mol. The van der Waals surface area contributed by atoms with E-state index in [0.29, 0.717) is 6.61 Å². The number of benzene rings is 1. The van der Waals surface area contributed by atoms with Gasteiger partial charge in [-0.25, -0.2) is 0 Å². The zero-order valence-corrected chi connectivity index (χ0v) is 11.0. The summed E-state index contributed by atoms with van der Waals surface area (Å²) in [7, 11) is 0. The third-order valence-corrected chi connectivity index (χ3v) is 3.07. The SMILES string of the molecule is CCCOc1cccc(N2CCCOCC2)c1N. The molecule has 0 radical (unpaired) electrons. The van der Waals surface area contributed by atoms with Crippen LogP contribution in [0.15, 0.2) is 18.2 Å². The number of nitrogens with two attached hydrogens (primary N) is 1. The zero-order valence-electron chi connectivity index (χ0n) is 11.0. The fourth-order valence-electron chi connectivity index (χ4n) is 2.13. The summed E-state index contributed by atoms with van der Waals surface area (Å²) in [6, 6.07) is 5.99. The normalized spacial score (nSPS) is 16.4. The van der Waals surface area contributed by atoms with Crippen molar-refractivity contribution in [3.8, 4) is 5.75 Å². The molecule has 1 fully saturated rings. The highest BCUT2D eigenvalue weighted by atomic mass is 16.5. The van der Waals surface area contributed by atoms with E-state index in [-0.39, 0.29) is 0 Å². The van der Waals surface area contributed by atoms with Crippen molar-refractivity contribution in [1.82, 2.24) is 0 Å². The number of nitrogens with zero attached hydrogens (tertiary/aromatic N) is 1. The first-order valence-corrected chi connectivity index (χ1v) is 6.67. The highest BCUT2D eigenvalue weighted by Crippen LogP contribution is 2.32. The van der Waals surface area contributed by atoms with Crippen LogP contribution in [-0.2, 0) is 4.74 Å². The average Bonchev–Trinajstić information content (AvgIpc) is 2.66. The third kappa shape index (κ3) is 3.07. The molecule has 1 aromatic carbocycles. The van der Waals surface area contributed by atoms with Crippen LogP contribution in [0.1, 0.15) is 19.8 Å². The molecule has 0 spiro atoms. The lowest BCUT2D eigenvalue weighted by Crippen LogP contribution is -2.26. The topological polar surface area (TPSA) is 47.7 Å². The highest BCUT2D eigenvalue weighted by Gasteiger charge is 2.14. The van der Waals surface area contributed by atoms with Gasteiger partial charge in [0.25, 0.3) is 0 Å². The largest absolute Gasteiger partial charge is 0.491 e. The lowest BCUT2D eigenvalue weighted by molar-refractivity contribution is 0.152. The molecule has 0 bridgehead atoms. The first-order chi connectivity index (χ1) is 8.83. The maximum Gasteiger partial charge on any atom is 0.144 e. The lowest BCUT2D eigenvalue weighted by atomic mass is 10.2. The Labute approximate surface area is 109 Å². The van der Waals surface area contributed by atoms with Crippen molar-refractivity contribution >= 4 is 11.4 Å². The molecule has 0 unspecified atom stereocenters. The van der Waals surface area contributed by atoms with Crippen molar-refractivity contribution in [2.24, 2.45) is 0 Å². The Hall–Kier alpha value is -1.42. The van der Waals surface area contributed by atoms with E-state index in [4.69, 9.17) is 15.2 Å². The Morgan fingerprint density at radius 2 is 2.22 bits per heavy atom. The van der Waals surface area contributed by atoms with Crippen LogP contribution in [-0.4, -0.2) is 32.9 Å². The zero-order chi connectivity index (χ0) is 12.8. The summed E-state index contributed by atoms with van der Waals surface area (Å²) in [5.41, 5.74) is 8.01. The molecule has 18 heavy (non-hydrogen) atoms. The smallest absolute Gasteiger partial charge is 0.144 e. The minimum atomic E-state index is 0.705. The Kier molecular flexibility index (Phi) is 4.70. The molecular weight excluding hydrogens is 228 g/mol. The van der Waals surface area contributed by atoms with Gasteiger partial charge in [-0.1, -0.05) is 13.0 Å². The summed E-state index contributed by atoms with van der Waals surface area (Å²) in [5, 5.41) is 0. The van der Waals surface area contributed by atoms with E-state index >= 15 is 0 Å². The fraction of sp³-hybridized carbons (Fsp3) is 0.571. The van der Waals surface area contributed by atoms with Crippen LogP contribution in [0, 0.1) is 0 Å². The summed E-state index contributed by atoms with van der Waals surface area (Å²) in [4.78, 5) is 2.28. The molecule has 4 heteroatoms. The van der Waals surface area contributed by atoms with Crippen molar-refractivity contribution in [1.29, 1.82) is 0 Å². The number of hydrogen-bond acceptors (Lipinski definition) is 4. The Morgan fingerprint density at radius 1 is 1.33 bits per heavy atom. The second-order valence-electron chi connectivity index (χ2n) is 4.49. The average molecular weight is 250 g/mol. The van der Waals surface area contributed by atoms with Gasteiger partial charge in [0.2, 0.25) is 0 Å². The molecule has 0 amide bonds. The molecule has 0 atom stereocenters. The molecular formula is C14H22N2O2. The first-order valence-electron chi connectivity index (χ1n) is 6.67. The molecule has 1 heterocycles. The van der Waals surface area contributed by atoms with Gasteiger partial charge in [-0.2, -0.15) is 0 Å². The van der Waals surface area contributed by atoms with Crippen LogP contribution in [0.4, 0.5) is 11.4 Å². The summed E-state index contributed by atoms with van der Waals surface area (Å²) in [6.07, 6.45) is 2.03. The lowest BCUT2D eigenvalue weighted by Gasteiger charge is -2.24. The predicted octanol–water partition coefficient (Wildman–Crippen LogP) is 2.28. The first kappa shape index (κ1) is 13.0. The molecule has 0 saturated carbocycles. The van der Waals surface area contributed by atoms with E-state index in [1.165, 1.54) is 0 Å². The van der Waals surface area contributed by atoms with E-state index < -0.39 is 0 Å². The van der Waals surface area contributed by atoms with Crippen molar-refractivity contribution in [3.05, 3.63) is 18.2 Å². The molecule has 100 valence electrons. The molecule has 1 aliphatic rings. The number of rotatable bonds is 4. The molecule has 1 aliphatic heterocycles. The van der Waals surface area contributed by atoms with E-state index in [9.17, 15) is 0 Å². The van der Waals surface area contributed by atoms with E-state index in [1.807, 2.05) is 12.1 Å². The standard InChI is InChI=1S/C14H22N2O2/c1-2-9-18-13-6-3-5-12(14(13)15)16-7-4-10-17-11-8-16/h3,5-6H,2,4,7-11,15H2,1H3. The minimum absolute atomic E-state index is 0.705. The van der Waals surface area contributed by atoms with Crippen molar-refractivity contribution < 1.29 is 9.47 Å². The van der Waals surface area contributed by atoms with Gasteiger partial charge in [0.1, 0.15) is 5.75 Å². The van der Waals surface area contributed by atoms with Gasteiger partial charge in [-0.15, -0.1) is 0 Å². The number of anilines is 2. The van der Waals surface area contributed by atoms with Gasteiger partial charge in [-0.05, 0) is 25.0 Å². The Bertz CT molecular complexity index is 374. The molecule has 2 N–H and O–H groups in total. The quantitative estimate of drug-likeness (QED) is 0.833. The van der Waals surface area contributed by atoms with Crippen LogP contribution in [0.3, 0.4) is 0 Å². The molecule has 1 aromatic rings. The van der Waals surface area contributed by atoms with Crippen LogP contribution in [0.2, 0.25) is 0 Å². The summed E-state index contributed by atoms with van der Waals surface area (Å²) in [6.45, 7) is 6.27. The monoisotopic (exact) mass is 250 g/mol. The molecule has 0 aliphatic carbocycles. The van der Waals surface area contributed by atoms with Gasteiger partial charge in [-0.3, -0.25) is 0 Å². The van der Waals surface area contributed by atoms with E-state index in [0.717, 1.165) is 56.3 Å². The maximum atomic E-state index is 6.20. The second-order valence-corrected chi connectivity index (χ2v) is 4.49. The van der Waals surface area contributed by atoms with Crippen molar-refractivity contribution in [2.45, 2.75) is 19.8 Å². The van der Waals surface area contributed by atoms with E-state index in [2.05, 4.69) is 17.9 Å². The summed E-state index contributed by atoms with van der Waals surface area (Å²) in [5.74, 6) is 0.791. The number of hydrogen-bond donors (Lipinski definition) is 1. The van der Waals surface area contributed by atoms with Gasteiger partial charge in [0.05, 0.1) is 24.6 Å². The number of para-hydroxylation sites is 1. The van der Waals surface area contributed by atoms with Crippen LogP contribution in [0.25, 0.3) is 0 Å². The Balaban J connectivity index is 2.15. The van der Waals surface area contributed by atoms with Gasteiger partial charge in [0.15, 0.2) is 0 Å². The maximum absolute atomic E-state index is 6.20. The third-order valence-electron chi connectivity index (χ3n) is 3.07. The van der Waals surface area contributed by atoms with Crippen LogP contribution >= 0.6 is 0 Å². The van der Waals surface area contributed by atoms with Gasteiger partial charge < -0.3 is 20.1 Å². The fourth-order valence-corrected chi connectivity index (χ4v) is 2.13. The number of nitrogen functional groups attached to an aromatic ring is 1. The molecule has 1 saturated heterocycles. The van der Waals surface area contributed by atoms with E-state index in [1.54, 1.807) is 0 Å². The van der Waals surface area contributed by atoms with Crippen molar-refractivity contribution in [3.63, 3.8) is 0 Å². The van der Waals surface area contributed by atoms with Crippen molar-refractivity contribution in [2.75, 3.05) is 43.5 Å². The molecule has 4 nitrogen and oxygen atoms in total. The second kappa shape index (κ2) is 6.50. The summed E-state index contributed by atoms with van der Waals surface area (Å²) >= 11 is 0. The summed E-state index contributed by atoms with van der Waals surface area (Å²) < 4.78 is 11.1. The van der Waals surface area contributed by atoms with Crippen LogP contribution in [0.5, 0.6) is 5.75 Å². The van der Waals surface area contributed by atoms with Gasteiger partial charge >= 0.3 is 0 Å². The number of ether oxygens (including phenoxy) is 2. The van der Waals surface area contributed by atoms with Crippen LogP contribution < -0.4 is 15.4 Å². The molecule has 0 aromatic heterocycles. The highest BCUT2D eigenvalue weighted by molar-refractivity contribution is 5.74. The van der Waals surface area contributed by atoms with Gasteiger partial charge in [0, 0.05) is 19.7 Å².